The van der Waals surface area contributed by atoms with Crippen LogP contribution in [0.15, 0.2) is 24.3 Å². The van der Waals surface area contributed by atoms with Crippen LogP contribution in [0.5, 0.6) is 11.5 Å². The smallest absolute Gasteiger partial charge is 0.125 e. The van der Waals surface area contributed by atoms with E-state index in [2.05, 4.69) is 5.32 Å². The summed E-state index contributed by atoms with van der Waals surface area (Å²) in [7, 11) is 0. The number of phenols is 2. The Kier molecular flexibility index (Phi) is 5.60. The molecular formula is C18H23NO4. The molecule has 0 saturated heterocycles. The maximum absolute atomic E-state index is 10.1. The molecule has 0 unspecified atom stereocenters. The van der Waals surface area contributed by atoms with Gasteiger partial charge in [0.25, 0.3) is 0 Å². The van der Waals surface area contributed by atoms with Crippen molar-refractivity contribution in [2.45, 2.75) is 40.2 Å². The maximum atomic E-state index is 10.1. The van der Waals surface area contributed by atoms with Gasteiger partial charge in [-0.15, -0.1) is 0 Å². The predicted octanol–water partition coefficient (Wildman–Crippen LogP) is 1.99. The molecule has 0 spiro atoms. The van der Waals surface area contributed by atoms with E-state index >= 15 is 0 Å². The topological polar surface area (TPSA) is 93.0 Å². The number of benzene rings is 2. The van der Waals surface area contributed by atoms with Gasteiger partial charge in [0.05, 0.1) is 13.2 Å². The Bertz CT molecular complexity index is 638. The number of aliphatic hydroxyl groups is 2. The highest BCUT2D eigenvalue weighted by molar-refractivity contribution is 5.44. The van der Waals surface area contributed by atoms with Gasteiger partial charge in [-0.3, -0.25) is 0 Å². The van der Waals surface area contributed by atoms with Crippen LogP contribution < -0.4 is 5.32 Å². The Morgan fingerprint density at radius 1 is 0.696 bits per heavy atom. The van der Waals surface area contributed by atoms with E-state index in [1.165, 1.54) is 0 Å². The molecule has 124 valence electrons. The Morgan fingerprint density at radius 3 is 1.39 bits per heavy atom. The molecular weight excluding hydrogens is 294 g/mol. The van der Waals surface area contributed by atoms with Gasteiger partial charge >= 0.3 is 0 Å². The van der Waals surface area contributed by atoms with Gasteiger partial charge in [0.1, 0.15) is 11.5 Å². The molecule has 0 aliphatic heterocycles. The number of aromatic hydroxyl groups is 2. The molecule has 0 atom stereocenters. The molecule has 5 nitrogen and oxygen atoms in total. The Labute approximate surface area is 135 Å². The summed E-state index contributed by atoms with van der Waals surface area (Å²) >= 11 is 0. The summed E-state index contributed by atoms with van der Waals surface area (Å²) in [6.45, 7) is 4.20. The Balaban J connectivity index is 2.12. The van der Waals surface area contributed by atoms with Crippen LogP contribution in [0.25, 0.3) is 0 Å². The second-order valence-electron chi connectivity index (χ2n) is 5.78. The van der Waals surface area contributed by atoms with Crippen LogP contribution >= 0.6 is 0 Å². The third-order valence-electron chi connectivity index (χ3n) is 3.80. The lowest BCUT2D eigenvalue weighted by molar-refractivity contribution is 0.275. The minimum atomic E-state index is -0.209. The second-order valence-corrected chi connectivity index (χ2v) is 5.78. The van der Waals surface area contributed by atoms with E-state index in [-0.39, 0.29) is 24.7 Å². The number of rotatable bonds is 6. The number of aliphatic hydroxyl groups excluding tert-OH is 2. The first-order chi connectivity index (χ1) is 11.0. The minimum Gasteiger partial charge on any atom is -0.507 e. The molecule has 0 aliphatic rings. The lowest BCUT2D eigenvalue weighted by atomic mass is 10.0. The highest BCUT2D eigenvalue weighted by Crippen LogP contribution is 2.26. The van der Waals surface area contributed by atoms with E-state index in [4.69, 9.17) is 0 Å². The van der Waals surface area contributed by atoms with Gasteiger partial charge in [0, 0.05) is 35.3 Å². The molecule has 23 heavy (non-hydrogen) atoms. The number of hydrogen-bond donors (Lipinski definition) is 5. The molecule has 0 aliphatic carbocycles. The molecule has 0 heterocycles. The van der Waals surface area contributed by atoms with Gasteiger partial charge in [-0.1, -0.05) is 35.4 Å². The van der Waals surface area contributed by atoms with Crippen LogP contribution in [-0.4, -0.2) is 20.4 Å². The average molecular weight is 317 g/mol. The van der Waals surface area contributed by atoms with E-state index < -0.39 is 0 Å². The van der Waals surface area contributed by atoms with Crippen molar-refractivity contribution in [3.63, 3.8) is 0 Å². The third-order valence-corrected chi connectivity index (χ3v) is 3.80. The molecule has 0 aromatic heterocycles. The van der Waals surface area contributed by atoms with Crippen LogP contribution in [-0.2, 0) is 26.3 Å². The fourth-order valence-corrected chi connectivity index (χ4v) is 2.71. The van der Waals surface area contributed by atoms with Gasteiger partial charge in [-0.2, -0.15) is 0 Å². The Hall–Kier alpha value is -2.08. The van der Waals surface area contributed by atoms with Crippen molar-refractivity contribution in [2.24, 2.45) is 0 Å². The van der Waals surface area contributed by atoms with Gasteiger partial charge in [0.2, 0.25) is 0 Å². The SMILES string of the molecule is Cc1cc(CO)c(O)c(CNCc2cc(C)cc(CO)c2O)c1. The van der Waals surface area contributed by atoms with Gasteiger partial charge in [0.15, 0.2) is 0 Å². The van der Waals surface area contributed by atoms with E-state index in [0.29, 0.717) is 35.3 Å². The highest BCUT2D eigenvalue weighted by atomic mass is 16.3. The van der Waals surface area contributed by atoms with Crippen molar-refractivity contribution in [1.82, 2.24) is 5.32 Å². The summed E-state index contributed by atoms with van der Waals surface area (Å²) in [5.74, 6) is 0.185. The first-order valence-electron chi connectivity index (χ1n) is 7.51. The van der Waals surface area contributed by atoms with Crippen molar-refractivity contribution >= 4 is 0 Å². The van der Waals surface area contributed by atoms with E-state index in [1.807, 2.05) is 26.0 Å². The number of nitrogens with one attached hydrogen (secondary N) is 1. The number of hydrogen-bond acceptors (Lipinski definition) is 5. The van der Waals surface area contributed by atoms with Gasteiger partial charge in [-0.25, -0.2) is 0 Å². The zero-order chi connectivity index (χ0) is 17.0. The van der Waals surface area contributed by atoms with Crippen LogP contribution in [0.2, 0.25) is 0 Å². The molecule has 0 bridgehead atoms. The predicted molar refractivity (Wildman–Crippen MR) is 88.1 cm³/mol. The largest absolute Gasteiger partial charge is 0.507 e. The standard InChI is InChI=1S/C18H23NO4/c1-11-3-13(17(22)15(5-11)9-20)7-19-8-14-4-12(2)6-16(10-21)18(14)23/h3-6,19-23H,7-10H2,1-2H3. The summed E-state index contributed by atoms with van der Waals surface area (Å²) in [5.41, 5.74) is 4.33. The first kappa shape index (κ1) is 17.3. The van der Waals surface area contributed by atoms with Crippen molar-refractivity contribution in [1.29, 1.82) is 0 Å². The first-order valence-corrected chi connectivity index (χ1v) is 7.51. The Morgan fingerprint density at radius 2 is 1.04 bits per heavy atom. The molecule has 5 N–H and O–H groups in total. The van der Waals surface area contributed by atoms with E-state index in [9.17, 15) is 20.4 Å². The average Bonchev–Trinajstić information content (AvgIpc) is 2.53. The zero-order valence-corrected chi connectivity index (χ0v) is 13.4. The van der Waals surface area contributed by atoms with Gasteiger partial charge < -0.3 is 25.7 Å². The number of aryl methyl sites for hydroxylation is 2. The summed E-state index contributed by atoms with van der Waals surface area (Å²) in [6.07, 6.45) is 0. The quantitative estimate of drug-likeness (QED) is 0.562. The second kappa shape index (κ2) is 7.46. The molecule has 5 heteroatoms. The van der Waals surface area contributed by atoms with E-state index in [0.717, 1.165) is 11.1 Å². The van der Waals surface area contributed by atoms with Crippen molar-refractivity contribution < 1.29 is 20.4 Å². The molecule has 2 aromatic rings. The van der Waals surface area contributed by atoms with Gasteiger partial charge in [-0.05, 0) is 13.8 Å². The lowest BCUT2D eigenvalue weighted by Gasteiger charge is -2.13. The normalized spacial score (nSPS) is 11.0. The zero-order valence-electron chi connectivity index (χ0n) is 13.4. The van der Waals surface area contributed by atoms with Crippen molar-refractivity contribution in [2.75, 3.05) is 0 Å². The fraction of sp³-hybridized carbons (Fsp3) is 0.333. The summed E-state index contributed by atoms with van der Waals surface area (Å²) in [6, 6.07) is 7.21. The molecule has 0 fully saturated rings. The fourth-order valence-electron chi connectivity index (χ4n) is 2.71. The monoisotopic (exact) mass is 317 g/mol. The van der Waals surface area contributed by atoms with Crippen molar-refractivity contribution in [3.8, 4) is 11.5 Å². The molecule has 0 radical (unpaired) electrons. The molecule has 0 amide bonds. The van der Waals surface area contributed by atoms with E-state index in [1.54, 1.807) is 12.1 Å². The van der Waals surface area contributed by atoms with Crippen molar-refractivity contribution in [3.05, 3.63) is 57.6 Å². The third kappa shape index (κ3) is 4.01. The lowest BCUT2D eigenvalue weighted by Crippen LogP contribution is -2.14. The van der Waals surface area contributed by atoms with Crippen LogP contribution in [0.4, 0.5) is 0 Å². The summed E-state index contributed by atoms with van der Waals surface area (Å²) < 4.78 is 0. The van der Waals surface area contributed by atoms with Crippen LogP contribution in [0.3, 0.4) is 0 Å². The summed E-state index contributed by atoms with van der Waals surface area (Å²) in [5, 5.41) is 41.9. The molecule has 2 rings (SSSR count). The summed E-state index contributed by atoms with van der Waals surface area (Å²) in [4.78, 5) is 0. The molecule has 2 aromatic carbocycles. The molecule has 0 saturated carbocycles. The highest BCUT2D eigenvalue weighted by Gasteiger charge is 2.10. The van der Waals surface area contributed by atoms with Crippen LogP contribution in [0.1, 0.15) is 33.4 Å². The van der Waals surface area contributed by atoms with Crippen LogP contribution in [0, 0.1) is 13.8 Å². The maximum Gasteiger partial charge on any atom is 0.125 e. The minimum absolute atomic E-state index is 0.0927.